The Bertz CT molecular complexity index is 483. The van der Waals surface area contributed by atoms with E-state index in [0.29, 0.717) is 21.7 Å². The normalized spacial score (nSPS) is 21.6. The lowest BCUT2D eigenvalue weighted by Gasteiger charge is -2.40. The molecule has 0 spiro atoms. The Morgan fingerprint density at radius 1 is 1.55 bits per heavy atom. The molecule has 20 heavy (non-hydrogen) atoms. The van der Waals surface area contributed by atoms with Gasteiger partial charge in [-0.2, -0.15) is 0 Å². The highest BCUT2D eigenvalue weighted by atomic mass is 32.1. The quantitative estimate of drug-likeness (QED) is 0.872. The van der Waals surface area contributed by atoms with Crippen LogP contribution in [0.1, 0.15) is 54.9 Å². The van der Waals surface area contributed by atoms with Gasteiger partial charge in [0.25, 0.3) is 0 Å². The van der Waals surface area contributed by atoms with Crippen LogP contribution in [0.5, 0.6) is 0 Å². The first-order chi connectivity index (χ1) is 9.49. The zero-order chi connectivity index (χ0) is 14.8. The first kappa shape index (κ1) is 15.3. The number of hydrogen-bond donors (Lipinski definition) is 2. The van der Waals surface area contributed by atoms with Gasteiger partial charge in [-0.05, 0) is 32.6 Å². The van der Waals surface area contributed by atoms with Crippen LogP contribution < -0.4 is 5.32 Å². The van der Waals surface area contributed by atoms with Crippen molar-refractivity contribution in [2.24, 2.45) is 0 Å². The molecule has 0 aromatic carbocycles. The van der Waals surface area contributed by atoms with E-state index in [1.165, 1.54) is 11.3 Å². The van der Waals surface area contributed by atoms with Crippen molar-refractivity contribution in [3.05, 3.63) is 10.6 Å². The first-order valence-electron chi connectivity index (χ1n) is 7.11. The van der Waals surface area contributed by atoms with Crippen LogP contribution in [0.3, 0.4) is 0 Å². The van der Waals surface area contributed by atoms with Crippen LogP contribution in [-0.2, 0) is 4.74 Å². The maximum absolute atomic E-state index is 11.0. The molecule has 0 amide bonds. The molecule has 2 N–H and O–H groups in total. The summed E-state index contributed by atoms with van der Waals surface area (Å²) in [6.07, 6.45) is 3.88. The Morgan fingerprint density at radius 3 is 2.80 bits per heavy atom. The summed E-state index contributed by atoms with van der Waals surface area (Å²) in [5, 5.41) is 13.2. The van der Waals surface area contributed by atoms with Crippen molar-refractivity contribution in [2.75, 3.05) is 11.9 Å². The Balaban J connectivity index is 2.06. The zero-order valence-electron chi connectivity index (χ0n) is 12.2. The van der Waals surface area contributed by atoms with E-state index in [9.17, 15) is 4.79 Å². The van der Waals surface area contributed by atoms with Gasteiger partial charge in [-0.25, -0.2) is 9.78 Å². The second-order valence-electron chi connectivity index (χ2n) is 5.31. The lowest BCUT2D eigenvalue weighted by Crippen LogP contribution is -2.43. The number of carboxylic acids is 1. The fourth-order valence-electron chi connectivity index (χ4n) is 2.72. The Labute approximate surface area is 123 Å². The third-order valence-corrected chi connectivity index (χ3v) is 5.18. The molecule has 1 saturated heterocycles. The van der Waals surface area contributed by atoms with Crippen LogP contribution in [-0.4, -0.2) is 34.3 Å². The minimum Gasteiger partial charge on any atom is -0.477 e. The number of hydrogen-bond acceptors (Lipinski definition) is 5. The molecular formula is C14H22N2O3S. The fourth-order valence-corrected chi connectivity index (χ4v) is 3.61. The topological polar surface area (TPSA) is 71.5 Å². The number of carbonyl (C=O) groups is 1. The van der Waals surface area contributed by atoms with Crippen molar-refractivity contribution >= 4 is 22.4 Å². The van der Waals surface area contributed by atoms with Gasteiger partial charge in [-0.1, -0.05) is 25.2 Å². The summed E-state index contributed by atoms with van der Waals surface area (Å²) in [5.74, 6) is -0.906. The van der Waals surface area contributed by atoms with Gasteiger partial charge in [0.1, 0.15) is 4.88 Å². The maximum Gasteiger partial charge on any atom is 0.347 e. The van der Waals surface area contributed by atoms with Gasteiger partial charge >= 0.3 is 5.97 Å². The second-order valence-corrected chi connectivity index (χ2v) is 6.31. The predicted octanol–water partition coefficient (Wildman–Crippen LogP) is 3.30. The molecule has 0 aliphatic carbocycles. The third-order valence-electron chi connectivity index (χ3n) is 4.10. The highest BCUT2D eigenvalue weighted by molar-refractivity contribution is 7.17. The van der Waals surface area contributed by atoms with E-state index in [0.717, 1.165) is 32.3 Å². The highest BCUT2D eigenvalue weighted by Crippen LogP contribution is 2.33. The maximum atomic E-state index is 11.0. The van der Waals surface area contributed by atoms with Crippen LogP contribution in [0.4, 0.5) is 5.13 Å². The fraction of sp³-hybridized carbons (Fsp3) is 0.714. The summed E-state index contributed by atoms with van der Waals surface area (Å²) >= 11 is 1.21. The van der Waals surface area contributed by atoms with Crippen molar-refractivity contribution in [1.82, 2.24) is 4.98 Å². The molecule has 1 aliphatic rings. The summed E-state index contributed by atoms with van der Waals surface area (Å²) in [7, 11) is 0. The summed E-state index contributed by atoms with van der Waals surface area (Å²) in [6.45, 7) is 6.79. The molecule has 6 heteroatoms. The smallest absolute Gasteiger partial charge is 0.347 e. The molecule has 0 radical (unpaired) electrons. The van der Waals surface area contributed by atoms with Gasteiger partial charge in [-0.15, -0.1) is 0 Å². The number of thiazole rings is 1. The number of carboxylic acid groups (broad SMARTS) is 1. The van der Waals surface area contributed by atoms with E-state index < -0.39 is 5.97 Å². The largest absolute Gasteiger partial charge is 0.477 e. The van der Waals surface area contributed by atoms with Crippen molar-refractivity contribution in [2.45, 2.75) is 58.1 Å². The molecular weight excluding hydrogens is 276 g/mol. The Hall–Kier alpha value is -1.14. The summed E-state index contributed by atoms with van der Waals surface area (Å²) in [4.78, 5) is 15.7. The number of aryl methyl sites for hydroxylation is 1. The molecule has 112 valence electrons. The van der Waals surface area contributed by atoms with Crippen molar-refractivity contribution in [3.8, 4) is 0 Å². The number of nitrogens with one attached hydrogen (secondary N) is 1. The van der Waals surface area contributed by atoms with Crippen molar-refractivity contribution in [3.63, 3.8) is 0 Å². The minimum atomic E-state index is -0.906. The Kier molecular flexibility index (Phi) is 4.65. The molecule has 5 nitrogen and oxygen atoms in total. The van der Waals surface area contributed by atoms with Gasteiger partial charge in [-0.3, -0.25) is 0 Å². The average Bonchev–Trinajstić information content (AvgIpc) is 2.80. The zero-order valence-corrected chi connectivity index (χ0v) is 13.0. The van der Waals surface area contributed by atoms with Crippen LogP contribution >= 0.6 is 11.3 Å². The van der Waals surface area contributed by atoms with Gasteiger partial charge in [0.15, 0.2) is 5.13 Å². The van der Waals surface area contributed by atoms with Crippen LogP contribution in [0.25, 0.3) is 0 Å². The summed E-state index contributed by atoms with van der Waals surface area (Å²) < 4.78 is 5.95. The Morgan fingerprint density at radius 2 is 2.25 bits per heavy atom. The lowest BCUT2D eigenvalue weighted by molar-refractivity contribution is -0.0864. The van der Waals surface area contributed by atoms with Crippen LogP contribution in [0.15, 0.2) is 0 Å². The molecule has 2 rings (SSSR count). The molecule has 1 aliphatic heterocycles. The van der Waals surface area contributed by atoms with Crippen LogP contribution in [0.2, 0.25) is 0 Å². The van der Waals surface area contributed by atoms with Crippen molar-refractivity contribution < 1.29 is 14.6 Å². The van der Waals surface area contributed by atoms with Gasteiger partial charge in [0.2, 0.25) is 0 Å². The van der Waals surface area contributed by atoms with Gasteiger partial charge < -0.3 is 15.2 Å². The molecule has 1 unspecified atom stereocenters. The highest BCUT2D eigenvalue weighted by Gasteiger charge is 2.34. The lowest BCUT2D eigenvalue weighted by atomic mass is 9.86. The molecule has 1 aromatic heterocycles. The van der Waals surface area contributed by atoms with Gasteiger partial charge in [0, 0.05) is 12.6 Å². The van der Waals surface area contributed by atoms with Crippen LogP contribution in [0, 0.1) is 6.92 Å². The number of aromatic carboxylic acids is 1. The molecule has 1 fully saturated rings. The molecule has 0 saturated carbocycles. The minimum absolute atomic E-state index is 0.0438. The van der Waals surface area contributed by atoms with Crippen molar-refractivity contribution in [1.29, 1.82) is 0 Å². The number of rotatable bonds is 5. The average molecular weight is 298 g/mol. The molecule has 2 heterocycles. The number of ether oxygens (including phenoxy) is 1. The SMILES string of the molecule is CCC1(CC)CC(Nc2nc(C)c(C(=O)O)s2)CCO1. The number of aromatic nitrogens is 1. The molecule has 0 bridgehead atoms. The molecule has 1 aromatic rings. The van der Waals surface area contributed by atoms with E-state index >= 15 is 0 Å². The predicted molar refractivity (Wildman–Crippen MR) is 79.7 cm³/mol. The molecule has 1 atom stereocenters. The third kappa shape index (κ3) is 3.12. The number of anilines is 1. The second kappa shape index (κ2) is 6.10. The van der Waals surface area contributed by atoms with E-state index in [4.69, 9.17) is 9.84 Å². The monoisotopic (exact) mass is 298 g/mol. The standard InChI is InChI=1S/C14H22N2O3S/c1-4-14(5-2)8-10(6-7-19-14)16-13-15-9(3)11(20-13)12(17)18/h10H,4-8H2,1-3H3,(H,15,16)(H,17,18). The van der Waals surface area contributed by atoms with E-state index in [1.54, 1.807) is 6.92 Å². The van der Waals surface area contributed by atoms with E-state index in [2.05, 4.69) is 24.1 Å². The van der Waals surface area contributed by atoms with Gasteiger partial charge in [0.05, 0.1) is 11.3 Å². The first-order valence-corrected chi connectivity index (χ1v) is 7.92. The van der Waals surface area contributed by atoms with E-state index in [-0.39, 0.29) is 5.60 Å². The number of nitrogens with zero attached hydrogens (tertiary/aromatic N) is 1. The summed E-state index contributed by atoms with van der Waals surface area (Å²) in [6, 6.07) is 0.302. The van der Waals surface area contributed by atoms with E-state index in [1.807, 2.05) is 0 Å². The summed E-state index contributed by atoms with van der Waals surface area (Å²) in [5.41, 5.74) is 0.534.